The van der Waals surface area contributed by atoms with E-state index in [1.54, 1.807) is 6.07 Å². The van der Waals surface area contributed by atoms with Gasteiger partial charge in [0.25, 0.3) is 5.56 Å². The van der Waals surface area contributed by atoms with E-state index in [-0.39, 0.29) is 23.4 Å². The molecule has 0 saturated heterocycles. The van der Waals surface area contributed by atoms with Crippen LogP contribution in [-0.2, 0) is 16.8 Å². The van der Waals surface area contributed by atoms with Crippen LogP contribution in [0.2, 0.25) is 0 Å². The second-order valence-electron chi connectivity index (χ2n) is 7.61. The molecule has 144 valence electrons. The predicted molar refractivity (Wildman–Crippen MR) is 111 cm³/mol. The fourth-order valence-corrected chi connectivity index (χ4v) is 3.00. The number of amides is 1. The first-order valence-corrected chi connectivity index (χ1v) is 9.33. The molecule has 5 heteroatoms. The van der Waals surface area contributed by atoms with Gasteiger partial charge in [0.1, 0.15) is 6.54 Å². The number of hydrogen-bond acceptors (Lipinski definition) is 3. The van der Waals surface area contributed by atoms with Crippen LogP contribution in [0.3, 0.4) is 0 Å². The summed E-state index contributed by atoms with van der Waals surface area (Å²) in [5.41, 5.74) is 3.39. The standard InChI is InChI=1S/C23H25N3O2/c1-17-8-7-11-19(14-17)23(2,3)16-24-21(27)15-26-22(28)13-12-20(25-26)18-9-5-4-6-10-18/h4-14H,15-16H2,1-3H3,(H,24,27). The third kappa shape index (κ3) is 4.74. The number of rotatable bonds is 6. The minimum Gasteiger partial charge on any atom is -0.354 e. The van der Waals surface area contributed by atoms with Crippen LogP contribution in [0.15, 0.2) is 71.5 Å². The maximum Gasteiger partial charge on any atom is 0.267 e. The molecule has 1 amide bonds. The van der Waals surface area contributed by atoms with Crippen LogP contribution in [0.1, 0.15) is 25.0 Å². The summed E-state index contributed by atoms with van der Waals surface area (Å²) in [6.45, 7) is 6.59. The van der Waals surface area contributed by atoms with Crippen molar-refractivity contribution in [2.45, 2.75) is 32.7 Å². The molecule has 0 aliphatic rings. The number of carbonyl (C=O) groups is 1. The quantitative estimate of drug-likeness (QED) is 0.719. The summed E-state index contributed by atoms with van der Waals surface area (Å²) >= 11 is 0. The monoisotopic (exact) mass is 375 g/mol. The minimum atomic E-state index is -0.298. The molecule has 3 rings (SSSR count). The van der Waals surface area contributed by atoms with Crippen molar-refractivity contribution in [3.05, 3.63) is 88.2 Å². The normalized spacial score (nSPS) is 11.2. The van der Waals surface area contributed by atoms with E-state index in [1.807, 2.05) is 36.4 Å². The van der Waals surface area contributed by atoms with Crippen molar-refractivity contribution in [1.82, 2.24) is 15.1 Å². The van der Waals surface area contributed by atoms with Gasteiger partial charge in [-0.3, -0.25) is 9.59 Å². The van der Waals surface area contributed by atoms with Crippen LogP contribution in [0.5, 0.6) is 0 Å². The Morgan fingerprint density at radius 1 is 1.04 bits per heavy atom. The largest absolute Gasteiger partial charge is 0.354 e. The topological polar surface area (TPSA) is 64.0 Å². The number of carbonyl (C=O) groups excluding carboxylic acids is 1. The van der Waals surface area contributed by atoms with Crippen LogP contribution in [0.4, 0.5) is 0 Å². The van der Waals surface area contributed by atoms with Crippen LogP contribution < -0.4 is 10.9 Å². The number of aryl methyl sites for hydroxylation is 1. The average Bonchev–Trinajstić information content (AvgIpc) is 2.69. The van der Waals surface area contributed by atoms with Crippen LogP contribution in [-0.4, -0.2) is 22.2 Å². The highest BCUT2D eigenvalue weighted by atomic mass is 16.2. The van der Waals surface area contributed by atoms with E-state index in [9.17, 15) is 9.59 Å². The molecule has 0 saturated carbocycles. The molecule has 0 radical (unpaired) electrons. The highest BCUT2D eigenvalue weighted by Crippen LogP contribution is 2.23. The molecule has 1 aromatic heterocycles. The third-order valence-corrected chi connectivity index (χ3v) is 4.76. The Morgan fingerprint density at radius 3 is 2.50 bits per heavy atom. The van der Waals surface area contributed by atoms with Crippen molar-refractivity contribution in [2.75, 3.05) is 6.54 Å². The van der Waals surface area contributed by atoms with Gasteiger partial charge in [-0.1, -0.05) is 74.0 Å². The molecule has 1 N–H and O–H groups in total. The van der Waals surface area contributed by atoms with E-state index in [2.05, 4.69) is 49.4 Å². The average molecular weight is 375 g/mol. The molecule has 1 heterocycles. The first-order valence-electron chi connectivity index (χ1n) is 9.33. The highest BCUT2D eigenvalue weighted by Gasteiger charge is 2.21. The Balaban J connectivity index is 1.69. The van der Waals surface area contributed by atoms with Crippen molar-refractivity contribution >= 4 is 5.91 Å². The fourth-order valence-electron chi connectivity index (χ4n) is 3.00. The molecular formula is C23H25N3O2. The molecule has 3 aromatic rings. The van der Waals surface area contributed by atoms with E-state index in [1.165, 1.54) is 16.3 Å². The molecule has 0 fully saturated rings. The molecule has 0 spiro atoms. The zero-order valence-corrected chi connectivity index (χ0v) is 16.5. The van der Waals surface area contributed by atoms with Gasteiger partial charge >= 0.3 is 0 Å². The van der Waals surface area contributed by atoms with Gasteiger partial charge in [0.2, 0.25) is 5.91 Å². The molecule has 2 aromatic carbocycles. The van der Waals surface area contributed by atoms with Gasteiger partial charge in [-0.15, -0.1) is 0 Å². The molecule has 0 atom stereocenters. The third-order valence-electron chi connectivity index (χ3n) is 4.76. The number of benzene rings is 2. The lowest BCUT2D eigenvalue weighted by atomic mass is 9.84. The van der Waals surface area contributed by atoms with Crippen LogP contribution in [0, 0.1) is 6.92 Å². The second-order valence-corrected chi connectivity index (χ2v) is 7.61. The van der Waals surface area contributed by atoms with Gasteiger partial charge in [0.15, 0.2) is 0 Å². The van der Waals surface area contributed by atoms with Crippen molar-refractivity contribution < 1.29 is 4.79 Å². The van der Waals surface area contributed by atoms with Gasteiger partial charge < -0.3 is 5.32 Å². The summed E-state index contributed by atoms with van der Waals surface area (Å²) in [6, 6.07) is 21.0. The van der Waals surface area contributed by atoms with Gasteiger partial charge in [-0.25, -0.2) is 4.68 Å². The van der Waals surface area contributed by atoms with Crippen molar-refractivity contribution in [3.63, 3.8) is 0 Å². The lowest BCUT2D eigenvalue weighted by molar-refractivity contribution is -0.122. The zero-order chi connectivity index (χ0) is 20.1. The lowest BCUT2D eigenvalue weighted by Gasteiger charge is -2.26. The number of hydrogen-bond donors (Lipinski definition) is 1. The lowest BCUT2D eigenvalue weighted by Crippen LogP contribution is -2.40. The van der Waals surface area contributed by atoms with E-state index in [0.717, 1.165) is 11.1 Å². The number of nitrogens with zero attached hydrogens (tertiary/aromatic N) is 2. The molecule has 0 unspecified atom stereocenters. The minimum absolute atomic E-state index is 0.108. The second kappa shape index (κ2) is 8.21. The van der Waals surface area contributed by atoms with Crippen molar-refractivity contribution in [1.29, 1.82) is 0 Å². The Kier molecular flexibility index (Phi) is 5.73. The van der Waals surface area contributed by atoms with E-state index >= 15 is 0 Å². The molecule has 0 aliphatic carbocycles. The smallest absolute Gasteiger partial charge is 0.267 e. The first kappa shape index (κ1) is 19.5. The summed E-state index contributed by atoms with van der Waals surface area (Å²) in [4.78, 5) is 24.6. The van der Waals surface area contributed by atoms with E-state index in [0.29, 0.717) is 12.2 Å². The Bertz CT molecular complexity index is 1020. The number of aromatic nitrogens is 2. The maximum atomic E-state index is 12.4. The zero-order valence-electron chi connectivity index (χ0n) is 16.5. The van der Waals surface area contributed by atoms with Crippen LogP contribution >= 0.6 is 0 Å². The first-order chi connectivity index (χ1) is 13.3. The fraction of sp³-hybridized carbons (Fsp3) is 0.261. The number of nitrogens with one attached hydrogen (secondary N) is 1. The highest BCUT2D eigenvalue weighted by molar-refractivity contribution is 5.75. The molecular weight excluding hydrogens is 350 g/mol. The Hall–Kier alpha value is -3.21. The van der Waals surface area contributed by atoms with Gasteiger partial charge in [-0.05, 0) is 18.6 Å². The van der Waals surface area contributed by atoms with Crippen molar-refractivity contribution in [2.24, 2.45) is 0 Å². The summed E-state index contributed by atoms with van der Waals surface area (Å²) in [6.07, 6.45) is 0. The predicted octanol–water partition coefficient (Wildman–Crippen LogP) is 3.31. The molecule has 0 aliphatic heterocycles. The summed E-state index contributed by atoms with van der Waals surface area (Å²) in [5, 5.41) is 7.28. The van der Waals surface area contributed by atoms with E-state index < -0.39 is 0 Å². The van der Waals surface area contributed by atoms with Crippen LogP contribution in [0.25, 0.3) is 11.3 Å². The SMILES string of the molecule is Cc1cccc(C(C)(C)CNC(=O)Cn2nc(-c3ccccc3)ccc2=O)c1. The summed E-state index contributed by atoms with van der Waals surface area (Å²) in [5.74, 6) is -0.236. The Labute approximate surface area is 165 Å². The van der Waals surface area contributed by atoms with E-state index in [4.69, 9.17) is 0 Å². The summed E-state index contributed by atoms with van der Waals surface area (Å²) in [7, 11) is 0. The van der Waals surface area contributed by atoms with Gasteiger partial charge in [0.05, 0.1) is 5.69 Å². The maximum absolute atomic E-state index is 12.4. The van der Waals surface area contributed by atoms with Crippen molar-refractivity contribution in [3.8, 4) is 11.3 Å². The molecule has 5 nitrogen and oxygen atoms in total. The Morgan fingerprint density at radius 2 is 1.79 bits per heavy atom. The van der Waals surface area contributed by atoms with Gasteiger partial charge in [-0.2, -0.15) is 5.10 Å². The molecule has 28 heavy (non-hydrogen) atoms. The van der Waals surface area contributed by atoms with Gasteiger partial charge in [0, 0.05) is 23.6 Å². The molecule has 0 bridgehead atoms. The summed E-state index contributed by atoms with van der Waals surface area (Å²) < 4.78 is 1.21.